The molecule has 1 amide bonds. The fourth-order valence-electron chi connectivity index (χ4n) is 3.94. The second kappa shape index (κ2) is 7.48. The topological polar surface area (TPSA) is 29.1 Å². The highest BCUT2D eigenvalue weighted by molar-refractivity contribution is 9.09. The van der Waals surface area contributed by atoms with E-state index in [0.717, 1.165) is 25.3 Å². The molecule has 0 saturated heterocycles. The Kier molecular flexibility index (Phi) is 6.16. The number of alkyl halides is 1. The maximum Gasteiger partial charge on any atom is 0.223 e. The van der Waals surface area contributed by atoms with Gasteiger partial charge >= 0.3 is 0 Å². The number of hydrogen-bond acceptors (Lipinski definition) is 1. The van der Waals surface area contributed by atoms with E-state index in [1.54, 1.807) is 0 Å². The number of carbonyl (C=O) groups excluding carboxylic acids is 1. The summed E-state index contributed by atoms with van der Waals surface area (Å²) in [7, 11) is 0. The van der Waals surface area contributed by atoms with Crippen LogP contribution in [0.1, 0.15) is 72.1 Å². The van der Waals surface area contributed by atoms with Crippen molar-refractivity contribution in [3.63, 3.8) is 0 Å². The molecule has 2 nitrogen and oxygen atoms in total. The molecule has 2 aliphatic rings. The second-order valence-corrected chi connectivity index (χ2v) is 9.57. The summed E-state index contributed by atoms with van der Waals surface area (Å²) in [5, 5.41) is 3.24. The van der Waals surface area contributed by atoms with E-state index in [-0.39, 0.29) is 5.92 Å². The highest BCUT2D eigenvalue weighted by Crippen LogP contribution is 2.39. The first kappa shape index (κ1) is 17.3. The Balaban J connectivity index is 1.68. The average molecular weight is 358 g/mol. The van der Waals surface area contributed by atoms with Crippen molar-refractivity contribution >= 4 is 21.8 Å². The Bertz CT molecular complexity index is 334. The first-order valence-corrected chi connectivity index (χ1v) is 9.69. The van der Waals surface area contributed by atoms with Crippen LogP contribution < -0.4 is 5.32 Å². The fraction of sp³-hybridized carbons (Fsp3) is 0.944. The summed E-state index contributed by atoms with van der Waals surface area (Å²) in [4.78, 5) is 13.0. The number of rotatable bonds is 3. The SMILES string of the molecule is CC(C)(C)C1CCC(C(=O)NCC2CCC(Br)CC2)CC1. The summed E-state index contributed by atoms with van der Waals surface area (Å²) in [5.41, 5.74) is 0.399. The molecule has 0 aromatic heterocycles. The lowest BCUT2D eigenvalue weighted by atomic mass is 9.69. The Labute approximate surface area is 139 Å². The first-order valence-electron chi connectivity index (χ1n) is 8.78. The third-order valence-corrected chi connectivity index (χ3v) is 6.58. The van der Waals surface area contributed by atoms with Gasteiger partial charge < -0.3 is 5.32 Å². The summed E-state index contributed by atoms with van der Waals surface area (Å²) in [6.07, 6.45) is 9.64. The van der Waals surface area contributed by atoms with Crippen molar-refractivity contribution < 1.29 is 4.79 Å². The minimum atomic E-state index is 0.274. The standard InChI is InChI=1S/C18H32BrNO/c1-18(2,3)15-8-6-14(7-9-15)17(21)20-12-13-4-10-16(19)11-5-13/h13-16H,4-12H2,1-3H3,(H,20,21). The van der Waals surface area contributed by atoms with E-state index in [4.69, 9.17) is 0 Å². The summed E-state index contributed by atoms with van der Waals surface area (Å²) in [5.74, 6) is 2.09. The number of halogens is 1. The van der Waals surface area contributed by atoms with Gasteiger partial charge in [-0.25, -0.2) is 0 Å². The molecule has 2 rings (SSSR count). The van der Waals surface area contributed by atoms with E-state index in [2.05, 4.69) is 42.0 Å². The Morgan fingerprint density at radius 3 is 2.10 bits per heavy atom. The average Bonchev–Trinajstić information content (AvgIpc) is 2.45. The molecule has 0 heterocycles. The largest absolute Gasteiger partial charge is 0.356 e. The zero-order valence-electron chi connectivity index (χ0n) is 14.0. The van der Waals surface area contributed by atoms with Gasteiger partial charge in [-0.05, 0) is 68.6 Å². The van der Waals surface area contributed by atoms with Gasteiger partial charge in [-0.2, -0.15) is 0 Å². The molecule has 3 heteroatoms. The van der Waals surface area contributed by atoms with Crippen molar-refractivity contribution in [1.82, 2.24) is 5.32 Å². The van der Waals surface area contributed by atoms with Crippen LogP contribution in [-0.4, -0.2) is 17.3 Å². The molecule has 0 aromatic carbocycles. The van der Waals surface area contributed by atoms with Crippen LogP contribution in [0.3, 0.4) is 0 Å². The van der Waals surface area contributed by atoms with Crippen molar-refractivity contribution in [2.45, 2.75) is 77.0 Å². The molecule has 2 fully saturated rings. The Morgan fingerprint density at radius 2 is 1.57 bits per heavy atom. The zero-order valence-corrected chi connectivity index (χ0v) is 15.5. The molecular weight excluding hydrogens is 326 g/mol. The van der Waals surface area contributed by atoms with Gasteiger partial charge in [0.2, 0.25) is 5.91 Å². The molecule has 0 atom stereocenters. The summed E-state index contributed by atoms with van der Waals surface area (Å²) in [6.45, 7) is 7.90. The zero-order chi connectivity index (χ0) is 15.5. The Hall–Kier alpha value is -0.0500. The quantitative estimate of drug-likeness (QED) is 0.714. The predicted octanol–water partition coefficient (Wildman–Crippen LogP) is 4.91. The van der Waals surface area contributed by atoms with Crippen LogP contribution in [0.25, 0.3) is 0 Å². The van der Waals surface area contributed by atoms with Gasteiger partial charge in [0.25, 0.3) is 0 Å². The minimum Gasteiger partial charge on any atom is -0.356 e. The number of nitrogens with one attached hydrogen (secondary N) is 1. The molecule has 0 radical (unpaired) electrons. The van der Waals surface area contributed by atoms with Crippen molar-refractivity contribution in [3.8, 4) is 0 Å². The Morgan fingerprint density at radius 1 is 1.00 bits per heavy atom. The van der Waals surface area contributed by atoms with Crippen LogP contribution in [0, 0.1) is 23.2 Å². The van der Waals surface area contributed by atoms with E-state index >= 15 is 0 Å². The van der Waals surface area contributed by atoms with E-state index in [1.807, 2.05) is 0 Å². The third kappa shape index (κ3) is 5.26. The smallest absolute Gasteiger partial charge is 0.223 e. The van der Waals surface area contributed by atoms with Crippen molar-refractivity contribution in [2.75, 3.05) is 6.54 Å². The lowest BCUT2D eigenvalue weighted by molar-refractivity contribution is -0.126. The van der Waals surface area contributed by atoms with E-state index in [0.29, 0.717) is 22.1 Å². The molecule has 21 heavy (non-hydrogen) atoms. The highest BCUT2D eigenvalue weighted by atomic mass is 79.9. The van der Waals surface area contributed by atoms with Crippen molar-refractivity contribution in [2.24, 2.45) is 23.2 Å². The van der Waals surface area contributed by atoms with Crippen LogP contribution in [-0.2, 0) is 4.79 Å². The van der Waals surface area contributed by atoms with Crippen LogP contribution in [0.15, 0.2) is 0 Å². The predicted molar refractivity (Wildman–Crippen MR) is 92.6 cm³/mol. The van der Waals surface area contributed by atoms with E-state index in [9.17, 15) is 4.79 Å². The van der Waals surface area contributed by atoms with Crippen molar-refractivity contribution in [1.29, 1.82) is 0 Å². The van der Waals surface area contributed by atoms with Gasteiger partial charge in [-0.3, -0.25) is 4.79 Å². The maximum atomic E-state index is 12.3. The van der Waals surface area contributed by atoms with E-state index in [1.165, 1.54) is 38.5 Å². The van der Waals surface area contributed by atoms with Crippen LogP contribution in [0.5, 0.6) is 0 Å². The molecule has 0 aromatic rings. The molecule has 1 N–H and O–H groups in total. The van der Waals surface area contributed by atoms with Gasteiger partial charge in [0.15, 0.2) is 0 Å². The van der Waals surface area contributed by atoms with Gasteiger partial charge in [0.1, 0.15) is 0 Å². The normalized spacial score (nSPS) is 34.5. The maximum absolute atomic E-state index is 12.3. The van der Waals surface area contributed by atoms with Crippen molar-refractivity contribution in [3.05, 3.63) is 0 Å². The van der Waals surface area contributed by atoms with Crippen LogP contribution in [0.4, 0.5) is 0 Å². The number of amides is 1. The second-order valence-electron chi connectivity index (χ2n) is 8.28. The van der Waals surface area contributed by atoms with Crippen LogP contribution >= 0.6 is 15.9 Å². The molecule has 2 aliphatic carbocycles. The van der Waals surface area contributed by atoms with Gasteiger partial charge in [-0.15, -0.1) is 0 Å². The number of hydrogen-bond donors (Lipinski definition) is 1. The molecule has 0 unspecified atom stereocenters. The minimum absolute atomic E-state index is 0.274. The number of carbonyl (C=O) groups is 1. The van der Waals surface area contributed by atoms with E-state index < -0.39 is 0 Å². The lowest BCUT2D eigenvalue weighted by Gasteiger charge is -2.36. The first-order chi connectivity index (χ1) is 9.86. The third-order valence-electron chi connectivity index (χ3n) is 5.66. The molecule has 0 spiro atoms. The molecule has 0 bridgehead atoms. The molecule has 2 saturated carbocycles. The molecular formula is C18H32BrNO. The summed E-state index contributed by atoms with van der Waals surface area (Å²) < 4.78 is 0. The molecule has 122 valence electrons. The van der Waals surface area contributed by atoms with Gasteiger partial charge in [0.05, 0.1) is 0 Å². The highest BCUT2D eigenvalue weighted by Gasteiger charge is 2.32. The van der Waals surface area contributed by atoms with Gasteiger partial charge in [-0.1, -0.05) is 36.7 Å². The summed E-state index contributed by atoms with van der Waals surface area (Å²) in [6, 6.07) is 0. The fourth-order valence-corrected chi connectivity index (χ4v) is 4.47. The monoisotopic (exact) mass is 357 g/mol. The molecule has 0 aliphatic heterocycles. The van der Waals surface area contributed by atoms with Crippen LogP contribution in [0.2, 0.25) is 0 Å². The summed E-state index contributed by atoms with van der Waals surface area (Å²) >= 11 is 3.69. The lowest BCUT2D eigenvalue weighted by Crippen LogP contribution is -2.38. The van der Waals surface area contributed by atoms with Gasteiger partial charge in [0, 0.05) is 17.3 Å².